The van der Waals surface area contributed by atoms with E-state index in [0.717, 1.165) is 28.7 Å². The van der Waals surface area contributed by atoms with Crippen molar-refractivity contribution in [2.75, 3.05) is 6.54 Å². The van der Waals surface area contributed by atoms with Gasteiger partial charge in [0, 0.05) is 23.2 Å². The van der Waals surface area contributed by atoms with E-state index in [0.29, 0.717) is 0 Å². The Labute approximate surface area is 88.5 Å². The van der Waals surface area contributed by atoms with Gasteiger partial charge >= 0.3 is 0 Å². The normalized spacial score (nSPS) is 12.3. The molecular formula is C12H14N2O. The van der Waals surface area contributed by atoms with Crippen LogP contribution in [0.3, 0.4) is 0 Å². The van der Waals surface area contributed by atoms with Crippen LogP contribution in [0.25, 0.3) is 10.9 Å². The van der Waals surface area contributed by atoms with E-state index >= 15 is 0 Å². The van der Waals surface area contributed by atoms with Crippen LogP contribution >= 0.6 is 0 Å². The van der Waals surface area contributed by atoms with Gasteiger partial charge in [-0.05, 0) is 19.9 Å². The summed E-state index contributed by atoms with van der Waals surface area (Å²) < 4.78 is 0. The van der Waals surface area contributed by atoms with Crippen LogP contribution in [-0.2, 0) is 0 Å². The van der Waals surface area contributed by atoms with E-state index in [1.165, 1.54) is 0 Å². The van der Waals surface area contributed by atoms with Crippen molar-refractivity contribution in [3.05, 3.63) is 29.8 Å². The summed E-state index contributed by atoms with van der Waals surface area (Å²) >= 11 is 0. The maximum atomic E-state index is 9.80. The van der Waals surface area contributed by atoms with Gasteiger partial charge in [-0.1, -0.05) is 18.2 Å². The number of aromatic amines is 1. The first-order valence-electron chi connectivity index (χ1n) is 5.05. The minimum Gasteiger partial charge on any atom is -0.494 e. The molecule has 3 nitrogen and oxygen atoms in total. The van der Waals surface area contributed by atoms with Gasteiger partial charge in [-0.15, -0.1) is 0 Å². The number of H-pyrrole nitrogens is 1. The van der Waals surface area contributed by atoms with E-state index in [-0.39, 0.29) is 5.88 Å². The third-order valence-corrected chi connectivity index (χ3v) is 2.44. The Morgan fingerprint density at radius 1 is 1.40 bits per heavy atom. The molecule has 1 aromatic carbocycles. The predicted octanol–water partition coefficient (Wildman–Crippen LogP) is 2.70. The summed E-state index contributed by atoms with van der Waals surface area (Å²) in [6.07, 6.45) is 0. The highest BCUT2D eigenvalue weighted by atomic mass is 16.3. The fourth-order valence-electron chi connectivity index (χ4n) is 1.81. The second-order valence-electron chi connectivity index (χ2n) is 3.45. The Morgan fingerprint density at radius 3 is 2.87 bits per heavy atom. The first-order chi connectivity index (χ1) is 7.24. The van der Waals surface area contributed by atoms with Gasteiger partial charge in [0.1, 0.15) is 0 Å². The van der Waals surface area contributed by atoms with Crippen LogP contribution < -0.4 is 0 Å². The molecule has 0 unspecified atom stereocenters. The summed E-state index contributed by atoms with van der Waals surface area (Å²) in [6, 6.07) is 7.82. The maximum Gasteiger partial charge on any atom is 0.198 e. The first-order valence-corrected chi connectivity index (χ1v) is 5.05. The lowest BCUT2D eigenvalue weighted by Gasteiger charge is -1.98. The molecule has 0 bridgehead atoms. The van der Waals surface area contributed by atoms with Crippen LogP contribution in [0.15, 0.2) is 29.3 Å². The average Bonchev–Trinajstić information content (AvgIpc) is 2.54. The molecule has 1 heterocycles. The fraction of sp³-hybridized carbons (Fsp3) is 0.250. The molecule has 0 amide bonds. The fourth-order valence-corrected chi connectivity index (χ4v) is 1.81. The number of fused-ring (bicyclic) bond motifs is 1. The third-order valence-electron chi connectivity index (χ3n) is 2.44. The van der Waals surface area contributed by atoms with Crippen molar-refractivity contribution in [1.29, 1.82) is 0 Å². The molecule has 0 fully saturated rings. The number of hydrogen-bond donors (Lipinski definition) is 2. The van der Waals surface area contributed by atoms with Crippen LogP contribution in [0.2, 0.25) is 0 Å². The Kier molecular flexibility index (Phi) is 2.46. The number of hydrogen-bond acceptors (Lipinski definition) is 2. The molecule has 0 saturated carbocycles. The van der Waals surface area contributed by atoms with E-state index in [4.69, 9.17) is 0 Å². The highest BCUT2D eigenvalue weighted by Gasteiger charge is 2.11. The van der Waals surface area contributed by atoms with E-state index in [2.05, 4.69) is 9.98 Å². The average molecular weight is 202 g/mol. The zero-order valence-electron chi connectivity index (χ0n) is 8.91. The van der Waals surface area contributed by atoms with Gasteiger partial charge in [-0.25, -0.2) is 0 Å². The molecule has 0 aliphatic carbocycles. The zero-order chi connectivity index (χ0) is 10.8. The molecule has 78 valence electrons. The van der Waals surface area contributed by atoms with Crippen LogP contribution in [0.4, 0.5) is 0 Å². The van der Waals surface area contributed by atoms with Gasteiger partial charge in [-0.3, -0.25) is 4.99 Å². The summed E-state index contributed by atoms with van der Waals surface area (Å²) in [5.41, 5.74) is 2.62. The highest BCUT2D eigenvalue weighted by molar-refractivity contribution is 6.11. The number of rotatable bonds is 2. The van der Waals surface area contributed by atoms with Crippen molar-refractivity contribution >= 4 is 16.6 Å². The van der Waals surface area contributed by atoms with E-state index in [1.54, 1.807) is 0 Å². The summed E-state index contributed by atoms with van der Waals surface area (Å²) in [5.74, 6) is 0.200. The largest absolute Gasteiger partial charge is 0.494 e. The minimum atomic E-state index is 0.200. The number of nitrogens with one attached hydrogen (secondary N) is 1. The molecule has 2 N–H and O–H groups in total. The molecule has 0 aliphatic rings. The smallest absolute Gasteiger partial charge is 0.198 e. The lowest BCUT2D eigenvalue weighted by molar-refractivity contribution is 0.457. The van der Waals surface area contributed by atoms with Crippen molar-refractivity contribution in [3.8, 4) is 5.88 Å². The minimum absolute atomic E-state index is 0.200. The van der Waals surface area contributed by atoms with E-state index < -0.39 is 0 Å². The molecule has 0 spiro atoms. The lowest BCUT2D eigenvalue weighted by Crippen LogP contribution is -1.94. The molecule has 3 heteroatoms. The lowest BCUT2D eigenvalue weighted by atomic mass is 10.1. The van der Waals surface area contributed by atoms with E-state index in [1.807, 2.05) is 38.1 Å². The second-order valence-corrected chi connectivity index (χ2v) is 3.45. The predicted molar refractivity (Wildman–Crippen MR) is 62.7 cm³/mol. The number of nitrogens with zero attached hydrogens (tertiary/aromatic N) is 1. The summed E-state index contributed by atoms with van der Waals surface area (Å²) in [7, 11) is 0. The van der Waals surface area contributed by atoms with Crippen molar-refractivity contribution < 1.29 is 5.11 Å². The number of aliphatic imine (C=N–C) groups is 1. The summed E-state index contributed by atoms with van der Waals surface area (Å²) in [6.45, 7) is 4.62. The molecule has 0 radical (unpaired) electrons. The first kappa shape index (κ1) is 9.77. The van der Waals surface area contributed by atoms with Crippen LogP contribution in [0, 0.1) is 0 Å². The van der Waals surface area contributed by atoms with Gasteiger partial charge < -0.3 is 10.1 Å². The van der Waals surface area contributed by atoms with Gasteiger partial charge in [0.25, 0.3) is 0 Å². The standard InChI is InChI=1S/C12H14N2O/c1-3-13-8(2)11-9-6-4-5-7-10(9)14-12(11)15/h4-7,14-15H,3H2,1-2H3. The highest BCUT2D eigenvalue weighted by Crippen LogP contribution is 2.27. The molecule has 2 rings (SSSR count). The van der Waals surface area contributed by atoms with Gasteiger partial charge in [0.05, 0.1) is 5.56 Å². The van der Waals surface area contributed by atoms with Gasteiger partial charge in [0.15, 0.2) is 5.88 Å². The van der Waals surface area contributed by atoms with Crippen molar-refractivity contribution in [1.82, 2.24) is 4.98 Å². The molecular weight excluding hydrogens is 188 g/mol. The molecule has 1 aromatic heterocycles. The summed E-state index contributed by atoms with van der Waals surface area (Å²) in [4.78, 5) is 7.26. The van der Waals surface area contributed by atoms with Crippen molar-refractivity contribution in [2.45, 2.75) is 13.8 Å². The molecule has 2 aromatic rings. The molecule has 0 saturated heterocycles. The third kappa shape index (κ3) is 1.61. The number of para-hydroxylation sites is 1. The van der Waals surface area contributed by atoms with Crippen molar-refractivity contribution in [3.63, 3.8) is 0 Å². The molecule has 15 heavy (non-hydrogen) atoms. The van der Waals surface area contributed by atoms with Gasteiger partial charge in [0.2, 0.25) is 0 Å². The Balaban J connectivity index is 2.69. The van der Waals surface area contributed by atoms with Crippen LogP contribution in [-0.4, -0.2) is 22.3 Å². The second kappa shape index (κ2) is 3.77. The van der Waals surface area contributed by atoms with Crippen LogP contribution in [0.1, 0.15) is 19.4 Å². The number of aromatic nitrogens is 1. The van der Waals surface area contributed by atoms with Crippen LogP contribution in [0.5, 0.6) is 5.88 Å². The quantitative estimate of drug-likeness (QED) is 0.723. The Bertz CT molecular complexity index is 511. The molecule has 0 aliphatic heterocycles. The Morgan fingerprint density at radius 2 is 2.13 bits per heavy atom. The van der Waals surface area contributed by atoms with E-state index in [9.17, 15) is 5.11 Å². The van der Waals surface area contributed by atoms with Gasteiger partial charge in [-0.2, -0.15) is 0 Å². The zero-order valence-corrected chi connectivity index (χ0v) is 8.91. The topological polar surface area (TPSA) is 48.4 Å². The SMILES string of the molecule is CCN=C(C)c1c(O)[nH]c2ccccc12. The Hall–Kier alpha value is -1.77. The monoisotopic (exact) mass is 202 g/mol. The number of aromatic hydroxyl groups is 1. The summed E-state index contributed by atoms with van der Waals surface area (Å²) in [5, 5.41) is 10.8. The molecule has 0 atom stereocenters. The number of benzene rings is 1. The van der Waals surface area contributed by atoms with Crippen molar-refractivity contribution in [2.24, 2.45) is 4.99 Å². The maximum absolute atomic E-state index is 9.80.